The van der Waals surface area contributed by atoms with Gasteiger partial charge in [0, 0.05) is 16.0 Å². The number of alkyl halides is 3. The van der Waals surface area contributed by atoms with Crippen molar-refractivity contribution in [2.75, 3.05) is 6.61 Å². The molecule has 0 aromatic carbocycles. The number of hydrogen-bond acceptors (Lipinski definition) is 4. The van der Waals surface area contributed by atoms with Gasteiger partial charge in [-0.2, -0.15) is 0 Å². The molecular formula is C11H9Cl4NO4S. The number of alkyl carbamates (subject to hydrolysis) is 1. The zero-order valence-electron chi connectivity index (χ0n) is 10.2. The molecule has 1 aromatic rings. The number of thiophene rings is 1. The highest BCUT2D eigenvalue weighted by atomic mass is 35.6. The van der Waals surface area contributed by atoms with Gasteiger partial charge < -0.3 is 15.2 Å². The van der Waals surface area contributed by atoms with Crippen molar-refractivity contribution in [1.29, 1.82) is 0 Å². The Labute approximate surface area is 144 Å². The second kappa shape index (κ2) is 8.10. The van der Waals surface area contributed by atoms with E-state index in [1.165, 1.54) is 11.3 Å². The number of rotatable bonds is 5. The molecule has 0 aliphatic rings. The zero-order valence-corrected chi connectivity index (χ0v) is 14.0. The van der Waals surface area contributed by atoms with Gasteiger partial charge in [-0.15, -0.1) is 11.3 Å². The molecule has 1 aromatic heterocycles. The van der Waals surface area contributed by atoms with E-state index in [1.54, 1.807) is 17.5 Å². The summed E-state index contributed by atoms with van der Waals surface area (Å²) in [5.41, 5.74) is 1.30. The summed E-state index contributed by atoms with van der Waals surface area (Å²) in [5, 5.41) is 13.1. The number of carboxylic acids is 1. The highest BCUT2D eigenvalue weighted by Crippen LogP contribution is 2.27. The lowest BCUT2D eigenvalue weighted by Crippen LogP contribution is -2.42. The molecule has 21 heavy (non-hydrogen) atoms. The van der Waals surface area contributed by atoms with Crippen molar-refractivity contribution in [1.82, 2.24) is 5.32 Å². The van der Waals surface area contributed by atoms with E-state index in [9.17, 15) is 14.7 Å². The normalized spacial score (nSPS) is 13.6. The van der Waals surface area contributed by atoms with E-state index in [1.807, 2.05) is 0 Å². The molecule has 1 atom stereocenters. The van der Waals surface area contributed by atoms with E-state index in [2.05, 4.69) is 10.1 Å². The quantitative estimate of drug-likeness (QED) is 0.745. The summed E-state index contributed by atoms with van der Waals surface area (Å²) >= 11 is 23.2. The average Bonchev–Trinajstić information content (AvgIpc) is 2.89. The van der Waals surface area contributed by atoms with Crippen LogP contribution in [0.2, 0.25) is 0 Å². The summed E-state index contributed by atoms with van der Waals surface area (Å²) in [7, 11) is 0. The summed E-state index contributed by atoms with van der Waals surface area (Å²) in [5.74, 6) is -1.30. The molecule has 1 heterocycles. The Morgan fingerprint density at radius 2 is 2.14 bits per heavy atom. The Kier molecular flexibility index (Phi) is 7.09. The SMILES string of the molecule is O=C(NC(C(=O)O)/C(=C/Cl)c1cccs1)OCC(Cl)(Cl)Cl. The van der Waals surface area contributed by atoms with Crippen molar-refractivity contribution in [3.8, 4) is 0 Å². The Balaban J connectivity index is 2.79. The maximum Gasteiger partial charge on any atom is 0.408 e. The number of carboxylic acid groups (broad SMARTS) is 1. The van der Waals surface area contributed by atoms with Gasteiger partial charge in [-0.3, -0.25) is 0 Å². The first-order valence-electron chi connectivity index (χ1n) is 5.31. The van der Waals surface area contributed by atoms with Crippen molar-refractivity contribution in [3.63, 3.8) is 0 Å². The highest BCUT2D eigenvalue weighted by molar-refractivity contribution is 7.11. The molecule has 0 saturated heterocycles. The summed E-state index contributed by atoms with van der Waals surface area (Å²) < 4.78 is 2.84. The molecule has 0 fully saturated rings. The standard InChI is InChI=1S/C11H9Cl4NO4S/c12-4-6(7-2-1-3-21-7)8(9(17)18)16-10(19)20-5-11(13,14)15/h1-4,8H,5H2,(H,16,19)(H,17,18)/b6-4+. The molecule has 0 bridgehead atoms. The smallest absolute Gasteiger partial charge is 0.408 e. The minimum Gasteiger partial charge on any atom is -0.479 e. The third-order valence-electron chi connectivity index (χ3n) is 2.11. The number of amides is 1. The Morgan fingerprint density at radius 3 is 2.57 bits per heavy atom. The predicted octanol–water partition coefficient (Wildman–Crippen LogP) is 3.88. The van der Waals surface area contributed by atoms with E-state index in [0.717, 1.165) is 5.54 Å². The number of ether oxygens (including phenoxy) is 1. The maximum absolute atomic E-state index is 11.6. The molecule has 0 radical (unpaired) electrons. The Hall–Kier alpha value is -0.660. The highest BCUT2D eigenvalue weighted by Gasteiger charge is 2.28. The van der Waals surface area contributed by atoms with Crippen LogP contribution in [-0.4, -0.2) is 33.6 Å². The summed E-state index contributed by atoms with van der Waals surface area (Å²) in [6.45, 7) is -0.519. The lowest BCUT2D eigenvalue weighted by molar-refractivity contribution is -0.137. The van der Waals surface area contributed by atoms with Crippen molar-refractivity contribution in [2.45, 2.75) is 9.83 Å². The summed E-state index contributed by atoms with van der Waals surface area (Å²) in [6, 6.07) is 2.01. The molecule has 0 saturated carbocycles. The van der Waals surface area contributed by atoms with E-state index >= 15 is 0 Å². The van der Waals surface area contributed by atoms with Gasteiger partial charge in [0.05, 0.1) is 0 Å². The van der Waals surface area contributed by atoms with E-state index in [4.69, 9.17) is 46.4 Å². The summed E-state index contributed by atoms with van der Waals surface area (Å²) in [6.07, 6.45) is -1.04. The number of aliphatic carboxylic acids is 1. The van der Waals surface area contributed by atoms with Crippen molar-refractivity contribution < 1.29 is 19.4 Å². The fourth-order valence-corrected chi connectivity index (χ4v) is 2.53. The zero-order chi connectivity index (χ0) is 16.0. The minimum absolute atomic E-state index is 0.213. The van der Waals surface area contributed by atoms with Crippen LogP contribution in [0.15, 0.2) is 23.0 Å². The van der Waals surface area contributed by atoms with Gasteiger partial charge in [-0.1, -0.05) is 52.5 Å². The number of carbonyl (C=O) groups is 2. The van der Waals surface area contributed by atoms with E-state index in [-0.39, 0.29) is 5.57 Å². The number of halogens is 4. The Bertz CT molecular complexity index is 527. The molecule has 1 unspecified atom stereocenters. The maximum atomic E-state index is 11.6. The number of carbonyl (C=O) groups excluding carboxylic acids is 1. The van der Waals surface area contributed by atoms with Gasteiger partial charge in [0.15, 0.2) is 6.04 Å². The molecule has 1 rings (SSSR count). The fraction of sp³-hybridized carbons (Fsp3) is 0.273. The van der Waals surface area contributed by atoms with Crippen molar-refractivity contribution >= 4 is 75.4 Å². The monoisotopic (exact) mass is 391 g/mol. The molecule has 2 N–H and O–H groups in total. The van der Waals surface area contributed by atoms with Gasteiger partial charge in [0.2, 0.25) is 3.79 Å². The molecule has 116 valence electrons. The van der Waals surface area contributed by atoms with Crippen LogP contribution in [0.3, 0.4) is 0 Å². The second-order valence-corrected chi connectivity index (χ2v) is 7.33. The summed E-state index contributed by atoms with van der Waals surface area (Å²) in [4.78, 5) is 23.4. The van der Waals surface area contributed by atoms with Gasteiger partial charge in [-0.05, 0) is 11.4 Å². The molecule has 10 heteroatoms. The van der Waals surface area contributed by atoms with Crippen LogP contribution in [0.25, 0.3) is 5.57 Å². The topological polar surface area (TPSA) is 75.6 Å². The van der Waals surface area contributed by atoms with Crippen LogP contribution in [0, 0.1) is 0 Å². The molecular weight excluding hydrogens is 384 g/mol. The first-order valence-corrected chi connectivity index (χ1v) is 7.76. The van der Waals surface area contributed by atoms with Crippen LogP contribution in [0.5, 0.6) is 0 Å². The van der Waals surface area contributed by atoms with Crippen LogP contribution < -0.4 is 5.32 Å². The average molecular weight is 393 g/mol. The lowest BCUT2D eigenvalue weighted by Gasteiger charge is -2.18. The predicted molar refractivity (Wildman–Crippen MR) is 84.3 cm³/mol. The third-order valence-corrected chi connectivity index (χ3v) is 3.59. The first-order chi connectivity index (χ1) is 9.74. The number of hydrogen-bond donors (Lipinski definition) is 2. The number of nitrogens with one attached hydrogen (secondary N) is 1. The fourth-order valence-electron chi connectivity index (χ4n) is 1.28. The van der Waals surface area contributed by atoms with Crippen molar-refractivity contribution in [3.05, 3.63) is 27.9 Å². The van der Waals surface area contributed by atoms with Gasteiger partial charge in [0.25, 0.3) is 0 Å². The van der Waals surface area contributed by atoms with Gasteiger partial charge >= 0.3 is 12.1 Å². The second-order valence-electron chi connectivity index (χ2n) is 3.65. The van der Waals surface area contributed by atoms with Gasteiger partial charge in [-0.25, -0.2) is 9.59 Å². The van der Waals surface area contributed by atoms with E-state index in [0.29, 0.717) is 4.88 Å². The largest absolute Gasteiger partial charge is 0.479 e. The van der Waals surface area contributed by atoms with Crippen LogP contribution in [0.4, 0.5) is 4.79 Å². The van der Waals surface area contributed by atoms with Crippen LogP contribution in [-0.2, 0) is 9.53 Å². The molecule has 5 nitrogen and oxygen atoms in total. The van der Waals surface area contributed by atoms with Gasteiger partial charge in [0.1, 0.15) is 6.61 Å². The van der Waals surface area contributed by atoms with Crippen LogP contribution in [0.1, 0.15) is 4.88 Å². The van der Waals surface area contributed by atoms with Crippen molar-refractivity contribution in [2.24, 2.45) is 0 Å². The lowest BCUT2D eigenvalue weighted by atomic mass is 10.1. The van der Waals surface area contributed by atoms with Crippen LogP contribution >= 0.6 is 57.7 Å². The molecule has 1 amide bonds. The molecule has 0 aliphatic carbocycles. The molecule has 0 spiro atoms. The first kappa shape index (κ1) is 18.4. The Morgan fingerprint density at radius 1 is 1.48 bits per heavy atom. The minimum atomic E-state index is -1.78. The van der Waals surface area contributed by atoms with E-state index < -0.39 is 28.5 Å². The third kappa shape index (κ3) is 6.32. The molecule has 0 aliphatic heterocycles.